The van der Waals surface area contributed by atoms with E-state index in [-0.39, 0.29) is 5.60 Å². The van der Waals surface area contributed by atoms with Crippen LogP contribution in [-0.2, 0) is 11.2 Å². The van der Waals surface area contributed by atoms with Gasteiger partial charge in [0, 0.05) is 11.4 Å². The van der Waals surface area contributed by atoms with Gasteiger partial charge in [0.15, 0.2) is 0 Å². The van der Waals surface area contributed by atoms with Crippen LogP contribution in [0.3, 0.4) is 0 Å². The van der Waals surface area contributed by atoms with Crippen LogP contribution >= 0.6 is 11.6 Å². The van der Waals surface area contributed by atoms with Gasteiger partial charge in [0.05, 0.1) is 12.2 Å². The molecular formula is C11H13ClO. The van der Waals surface area contributed by atoms with Gasteiger partial charge in [-0.25, -0.2) is 0 Å². The van der Waals surface area contributed by atoms with Crippen molar-refractivity contribution in [3.05, 3.63) is 34.9 Å². The van der Waals surface area contributed by atoms with Crippen LogP contribution < -0.4 is 0 Å². The molecule has 0 N–H and O–H groups in total. The van der Waals surface area contributed by atoms with Crippen molar-refractivity contribution in [1.29, 1.82) is 0 Å². The van der Waals surface area contributed by atoms with E-state index in [1.165, 1.54) is 5.56 Å². The molecule has 1 heterocycles. The molecule has 2 heteroatoms. The number of hydrogen-bond acceptors (Lipinski definition) is 1. The lowest BCUT2D eigenvalue weighted by atomic mass is 9.89. The minimum atomic E-state index is 0.0602. The molecule has 1 aromatic carbocycles. The largest absolute Gasteiger partial charge is 0.375 e. The Kier molecular flexibility index (Phi) is 2.31. The lowest BCUT2D eigenvalue weighted by Gasteiger charge is -2.38. The smallest absolute Gasteiger partial charge is 0.0716 e. The molecule has 1 nitrogen and oxygen atoms in total. The molecule has 0 amide bonds. The summed E-state index contributed by atoms with van der Waals surface area (Å²) in [5.74, 6) is 0. The molecule has 0 aliphatic carbocycles. The highest BCUT2D eigenvalue weighted by Crippen LogP contribution is 2.30. The Morgan fingerprint density at radius 3 is 2.85 bits per heavy atom. The number of hydrogen-bond donors (Lipinski definition) is 0. The third-order valence-corrected chi connectivity index (χ3v) is 2.78. The Bertz CT molecular complexity index is 305. The lowest BCUT2D eigenvalue weighted by Crippen LogP contribution is -2.42. The molecule has 0 aromatic heterocycles. The first-order valence-electron chi connectivity index (χ1n) is 4.56. The summed E-state index contributed by atoms with van der Waals surface area (Å²) in [6.45, 7) is 3.05. The van der Waals surface area contributed by atoms with Crippen LogP contribution in [0.5, 0.6) is 0 Å². The molecule has 1 saturated heterocycles. The molecule has 1 fully saturated rings. The topological polar surface area (TPSA) is 9.23 Å². The van der Waals surface area contributed by atoms with Crippen LogP contribution in [-0.4, -0.2) is 12.2 Å². The Hall–Kier alpha value is -0.530. The van der Waals surface area contributed by atoms with Gasteiger partial charge in [0.1, 0.15) is 0 Å². The highest BCUT2D eigenvalue weighted by Gasteiger charge is 2.32. The van der Waals surface area contributed by atoms with Gasteiger partial charge in [-0.15, -0.1) is 0 Å². The first kappa shape index (κ1) is 9.04. The zero-order valence-electron chi connectivity index (χ0n) is 7.72. The van der Waals surface area contributed by atoms with Gasteiger partial charge in [-0.3, -0.25) is 0 Å². The predicted molar refractivity (Wildman–Crippen MR) is 54.1 cm³/mol. The predicted octanol–water partition coefficient (Wildman–Crippen LogP) is 3.06. The van der Waals surface area contributed by atoms with E-state index in [0.717, 1.165) is 24.5 Å². The number of benzene rings is 1. The average Bonchev–Trinajstić information content (AvgIpc) is 2.01. The van der Waals surface area contributed by atoms with E-state index in [4.69, 9.17) is 16.3 Å². The van der Waals surface area contributed by atoms with Crippen molar-refractivity contribution in [2.75, 3.05) is 6.61 Å². The van der Waals surface area contributed by atoms with Gasteiger partial charge >= 0.3 is 0 Å². The first-order valence-corrected chi connectivity index (χ1v) is 4.94. The SMILES string of the molecule is CC1(Cc2cccc(Cl)c2)CCO1. The van der Waals surface area contributed by atoms with E-state index >= 15 is 0 Å². The summed E-state index contributed by atoms with van der Waals surface area (Å²) < 4.78 is 5.52. The second-order valence-electron chi connectivity index (χ2n) is 3.86. The number of ether oxygens (including phenoxy) is 1. The van der Waals surface area contributed by atoms with Crippen molar-refractivity contribution in [3.63, 3.8) is 0 Å². The van der Waals surface area contributed by atoms with Gasteiger partial charge < -0.3 is 4.74 Å². The van der Waals surface area contributed by atoms with Crippen molar-refractivity contribution in [1.82, 2.24) is 0 Å². The molecule has 13 heavy (non-hydrogen) atoms. The summed E-state index contributed by atoms with van der Waals surface area (Å²) in [4.78, 5) is 0. The standard InChI is InChI=1S/C11H13ClO/c1-11(5-6-13-11)8-9-3-2-4-10(12)7-9/h2-4,7H,5-6,8H2,1H3. The van der Waals surface area contributed by atoms with E-state index in [1.54, 1.807) is 0 Å². The third-order valence-electron chi connectivity index (χ3n) is 2.55. The third kappa shape index (κ3) is 2.04. The molecule has 0 radical (unpaired) electrons. The van der Waals surface area contributed by atoms with Crippen molar-refractivity contribution >= 4 is 11.6 Å². The molecule has 1 aliphatic rings. The summed E-state index contributed by atoms with van der Waals surface area (Å²) >= 11 is 5.89. The number of rotatable bonds is 2. The summed E-state index contributed by atoms with van der Waals surface area (Å²) in [5.41, 5.74) is 1.32. The maximum atomic E-state index is 5.89. The van der Waals surface area contributed by atoms with E-state index < -0.39 is 0 Å². The normalized spacial score (nSPS) is 26.9. The molecule has 1 aliphatic heterocycles. The van der Waals surface area contributed by atoms with Gasteiger partial charge in [-0.2, -0.15) is 0 Å². The average molecular weight is 197 g/mol. The lowest BCUT2D eigenvalue weighted by molar-refractivity contribution is -0.132. The fourth-order valence-corrected chi connectivity index (χ4v) is 1.88. The van der Waals surface area contributed by atoms with Crippen molar-refractivity contribution in [2.24, 2.45) is 0 Å². The molecule has 0 spiro atoms. The Balaban J connectivity index is 2.09. The fourth-order valence-electron chi connectivity index (χ4n) is 1.67. The monoisotopic (exact) mass is 196 g/mol. The maximum absolute atomic E-state index is 5.89. The van der Waals surface area contributed by atoms with Crippen LogP contribution in [0.1, 0.15) is 18.9 Å². The summed E-state index contributed by atoms with van der Waals surface area (Å²) in [7, 11) is 0. The minimum absolute atomic E-state index is 0.0602. The van der Waals surface area contributed by atoms with Crippen LogP contribution in [0, 0.1) is 0 Å². The Morgan fingerprint density at radius 1 is 1.54 bits per heavy atom. The van der Waals surface area contributed by atoms with Crippen molar-refractivity contribution in [3.8, 4) is 0 Å². The van der Waals surface area contributed by atoms with Crippen molar-refractivity contribution < 1.29 is 4.74 Å². The van der Waals surface area contributed by atoms with Gasteiger partial charge in [-0.1, -0.05) is 23.7 Å². The highest BCUT2D eigenvalue weighted by molar-refractivity contribution is 6.30. The number of halogens is 1. The molecule has 0 bridgehead atoms. The van der Waals surface area contributed by atoms with E-state index in [1.807, 2.05) is 18.2 Å². The van der Waals surface area contributed by atoms with Gasteiger partial charge in [0.2, 0.25) is 0 Å². The summed E-state index contributed by atoms with van der Waals surface area (Å²) in [6, 6.07) is 7.99. The second kappa shape index (κ2) is 3.32. The molecule has 1 atom stereocenters. The quantitative estimate of drug-likeness (QED) is 0.707. The Morgan fingerprint density at radius 2 is 2.31 bits per heavy atom. The van der Waals surface area contributed by atoms with Crippen LogP contribution in [0.4, 0.5) is 0 Å². The van der Waals surface area contributed by atoms with Gasteiger partial charge in [0.25, 0.3) is 0 Å². The van der Waals surface area contributed by atoms with Crippen LogP contribution in [0.25, 0.3) is 0 Å². The first-order chi connectivity index (χ1) is 6.18. The maximum Gasteiger partial charge on any atom is 0.0716 e. The van der Waals surface area contributed by atoms with Crippen LogP contribution in [0.15, 0.2) is 24.3 Å². The van der Waals surface area contributed by atoms with Crippen molar-refractivity contribution in [2.45, 2.75) is 25.4 Å². The van der Waals surface area contributed by atoms with Gasteiger partial charge in [-0.05, 0) is 31.0 Å². The molecule has 1 unspecified atom stereocenters. The second-order valence-corrected chi connectivity index (χ2v) is 4.29. The van der Waals surface area contributed by atoms with E-state index in [2.05, 4.69) is 13.0 Å². The summed E-state index contributed by atoms with van der Waals surface area (Å²) in [5, 5.41) is 0.806. The molecule has 70 valence electrons. The summed E-state index contributed by atoms with van der Waals surface area (Å²) in [6.07, 6.45) is 2.12. The molecular weight excluding hydrogens is 184 g/mol. The fraction of sp³-hybridized carbons (Fsp3) is 0.455. The zero-order valence-corrected chi connectivity index (χ0v) is 8.47. The minimum Gasteiger partial charge on any atom is -0.375 e. The highest BCUT2D eigenvalue weighted by atomic mass is 35.5. The Labute approximate surface area is 83.7 Å². The molecule has 1 aromatic rings. The zero-order chi connectivity index (χ0) is 9.31. The molecule has 2 rings (SSSR count). The molecule has 0 saturated carbocycles. The van der Waals surface area contributed by atoms with E-state index in [9.17, 15) is 0 Å². The van der Waals surface area contributed by atoms with E-state index in [0.29, 0.717) is 0 Å². The van der Waals surface area contributed by atoms with Crippen LogP contribution in [0.2, 0.25) is 5.02 Å².